The van der Waals surface area contributed by atoms with E-state index >= 15 is 0 Å². The van der Waals surface area contributed by atoms with E-state index in [1.54, 1.807) is 18.8 Å². The van der Waals surface area contributed by atoms with Crippen molar-refractivity contribution in [2.45, 2.75) is 32.3 Å². The van der Waals surface area contributed by atoms with Gasteiger partial charge < -0.3 is 9.84 Å². The number of rotatable bonds is 6. The van der Waals surface area contributed by atoms with Crippen molar-refractivity contribution in [3.8, 4) is 0 Å². The molecule has 0 amide bonds. The maximum Gasteiger partial charge on any atom is 0.130 e. The molecule has 0 radical (unpaired) electrons. The minimum Gasteiger partial charge on any atom is -0.393 e. The molecule has 16 heavy (non-hydrogen) atoms. The summed E-state index contributed by atoms with van der Waals surface area (Å²) in [6, 6.07) is 0. The number of hydrogen-bond acceptors (Lipinski definition) is 3. The first kappa shape index (κ1) is 13.5. The van der Waals surface area contributed by atoms with Gasteiger partial charge in [-0.3, -0.25) is 4.68 Å². The molecule has 0 aliphatic carbocycles. The van der Waals surface area contributed by atoms with Crippen LogP contribution in [0.1, 0.15) is 24.1 Å². The van der Waals surface area contributed by atoms with Crippen LogP contribution in [0.4, 0.5) is 0 Å². The molecule has 0 aliphatic heterocycles. The second-order valence-corrected chi connectivity index (χ2v) is 4.33. The molecule has 1 heterocycles. The van der Waals surface area contributed by atoms with Crippen LogP contribution in [0.5, 0.6) is 0 Å². The molecule has 0 aromatic carbocycles. The van der Waals surface area contributed by atoms with Crippen LogP contribution in [-0.4, -0.2) is 34.7 Å². The maximum atomic E-state index is 9.84. The van der Waals surface area contributed by atoms with E-state index in [4.69, 9.17) is 16.3 Å². The lowest BCUT2D eigenvalue weighted by atomic mass is 10.1. The van der Waals surface area contributed by atoms with Crippen molar-refractivity contribution in [2.24, 2.45) is 7.05 Å². The SMILES string of the molecule is COCCCC(O)Cc1c(C)nn(C)c1Cl. The summed E-state index contributed by atoms with van der Waals surface area (Å²) in [5.41, 5.74) is 1.83. The molecule has 4 nitrogen and oxygen atoms in total. The Morgan fingerprint density at radius 3 is 2.75 bits per heavy atom. The number of hydrogen-bond donors (Lipinski definition) is 1. The van der Waals surface area contributed by atoms with E-state index in [0.717, 1.165) is 24.1 Å². The van der Waals surface area contributed by atoms with Crippen LogP contribution >= 0.6 is 11.6 Å². The predicted octanol–water partition coefficient (Wildman–Crippen LogP) is 1.71. The van der Waals surface area contributed by atoms with E-state index in [1.807, 2.05) is 6.92 Å². The summed E-state index contributed by atoms with van der Waals surface area (Å²) >= 11 is 6.08. The molecule has 1 aromatic rings. The average Bonchev–Trinajstić information content (AvgIpc) is 2.46. The van der Waals surface area contributed by atoms with E-state index in [0.29, 0.717) is 18.2 Å². The lowest BCUT2D eigenvalue weighted by molar-refractivity contribution is 0.135. The average molecular weight is 247 g/mol. The monoisotopic (exact) mass is 246 g/mol. The van der Waals surface area contributed by atoms with Crippen molar-refractivity contribution in [3.63, 3.8) is 0 Å². The Labute approximate surface area is 101 Å². The summed E-state index contributed by atoms with van der Waals surface area (Å²) < 4.78 is 6.57. The molecule has 0 bridgehead atoms. The van der Waals surface area contributed by atoms with Gasteiger partial charge in [0.2, 0.25) is 0 Å². The first-order valence-corrected chi connectivity index (χ1v) is 5.79. The molecule has 0 spiro atoms. The summed E-state index contributed by atoms with van der Waals surface area (Å²) in [6.45, 7) is 2.58. The smallest absolute Gasteiger partial charge is 0.130 e. The summed E-state index contributed by atoms with van der Waals surface area (Å²) in [6.07, 6.45) is 1.76. The van der Waals surface area contributed by atoms with Crippen LogP contribution in [0.25, 0.3) is 0 Å². The molecule has 0 saturated heterocycles. The van der Waals surface area contributed by atoms with Crippen LogP contribution in [-0.2, 0) is 18.2 Å². The van der Waals surface area contributed by atoms with Crippen LogP contribution in [0.3, 0.4) is 0 Å². The fourth-order valence-corrected chi connectivity index (χ4v) is 1.96. The normalized spacial score (nSPS) is 13.1. The zero-order chi connectivity index (χ0) is 12.1. The number of aliphatic hydroxyl groups excluding tert-OH is 1. The largest absolute Gasteiger partial charge is 0.393 e. The molecule has 1 atom stereocenters. The lowest BCUT2D eigenvalue weighted by Crippen LogP contribution is -2.12. The fraction of sp³-hybridized carbons (Fsp3) is 0.727. The number of nitrogens with zero attached hydrogens (tertiary/aromatic N) is 2. The molecule has 5 heteroatoms. The van der Waals surface area contributed by atoms with Gasteiger partial charge in [-0.1, -0.05) is 11.6 Å². The van der Waals surface area contributed by atoms with E-state index in [2.05, 4.69) is 5.10 Å². The van der Waals surface area contributed by atoms with Crippen LogP contribution in [0.15, 0.2) is 0 Å². The van der Waals surface area contributed by atoms with E-state index in [9.17, 15) is 5.11 Å². The van der Waals surface area contributed by atoms with Crippen molar-refractivity contribution in [1.29, 1.82) is 0 Å². The van der Waals surface area contributed by atoms with Gasteiger partial charge in [0, 0.05) is 32.7 Å². The van der Waals surface area contributed by atoms with Crippen molar-refractivity contribution in [2.75, 3.05) is 13.7 Å². The van der Waals surface area contributed by atoms with Crippen LogP contribution < -0.4 is 0 Å². The summed E-state index contributed by atoms with van der Waals surface area (Å²) in [7, 11) is 3.46. The van der Waals surface area contributed by atoms with E-state index < -0.39 is 0 Å². The van der Waals surface area contributed by atoms with Gasteiger partial charge in [0.25, 0.3) is 0 Å². The van der Waals surface area contributed by atoms with Gasteiger partial charge in [0.1, 0.15) is 5.15 Å². The number of halogens is 1. The van der Waals surface area contributed by atoms with Gasteiger partial charge in [-0.05, 0) is 19.8 Å². The molecule has 1 N–H and O–H groups in total. The Morgan fingerprint density at radius 2 is 2.25 bits per heavy atom. The summed E-state index contributed by atoms with van der Waals surface area (Å²) in [5, 5.41) is 14.7. The highest BCUT2D eigenvalue weighted by Gasteiger charge is 2.15. The van der Waals surface area contributed by atoms with E-state index in [1.165, 1.54) is 0 Å². The maximum absolute atomic E-state index is 9.84. The van der Waals surface area contributed by atoms with Gasteiger partial charge in [-0.2, -0.15) is 5.10 Å². The van der Waals surface area contributed by atoms with Crippen molar-refractivity contribution in [3.05, 3.63) is 16.4 Å². The topological polar surface area (TPSA) is 47.3 Å². The molecule has 0 saturated carbocycles. The molecule has 92 valence electrons. The number of aromatic nitrogens is 2. The number of ether oxygens (including phenoxy) is 1. The van der Waals surface area contributed by atoms with Gasteiger partial charge in [0.05, 0.1) is 11.8 Å². The molecule has 1 rings (SSSR count). The van der Waals surface area contributed by atoms with Gasteiger partial charge in [0.15, 0.2) is 0 Å². The van der Waals surface area contributed by atoms with Crippen LogP contribution in [0.2, 0.25) is 5.15 Å². The molecular formula is C11H19ClN2O2. The Bertz CT molecular complexity index is 339. The van der Waals surface area contributed by atoms with E-state index in [-0.39, 0.29) is 6.10 Å². The Kier molecular flexibility index (Phi) is 5.25. The number of aryl methyl sites for hydroxylation is 2. The standard InChI is InChI=1S/C11H19ClN2O2/c1-8-10(11(12)14(2)13-8)7-9(15)5-4-6-16-3/h9,15H,4-7H2,1-3H3. The highest BCUT2D eigenvalue weighted by molar-refractivity contribution is 6.30. The Morgan fingerprint density at radius 1 is 1.56 bits per heavy atom. The highest BCUT2D eigenvalue weighted by Crippen LogP contribution is 2.21. The highest BCUT2D eigenvalue weighted by atomic mass is 35.5. The zero-order valence-corrected chi connectivity index (χ0v) is 10.8. The van der Waals surface area contributed by atoms with Gasteiger partial charge in [-0.25, -0.2) is 0 Å². The minimum absolute atomic E-state index is 0.379. The van der Waals surface area contributed by atoms with Crippen LogP contribution in [0, 0.1) is 6.92 Å². The second-order valence-electron chi connectivity index (χ2n) is 3.97. The number of aliphatic hydroxyl groups is 1. The minimum atomic E-state index is -0.379. The third-order valence-corrected chi connectivity index (χ3v) is 3.07. The molecular weight excluding hydrogens is 228 g/mol. The Hall–Kier alpha value is -0.580. The Balaban J connectivity index is 2.52. The third-order valence-electron chi connectivity index (χ3n) is 2.60. The fourth-order valence-electron chi connectivity index (χ4n) is 1.71. The molecule has 1 unspecified atom stereocenters. The van der Waals surface area contributed by atoms with Crippen molar-refractivity contribution < 1.29 is 9.84 Å². The van der Waals surface area contributed by atoms with Gasteiger partial charge in [-0.15, -0.1) is 0 Å². The summed E-state index contributed by atoms with van der Waals surface area (Å²) in [5.74, 6) is 0. The summed E-state index contributed by atoms with van der Waals surface area (Å²) in [4.78, 5) is 0. The van der Waals surface area contributed by atoms with Gasteiger partial charge >= 0.3 is 0 Å². The first-order chi connectivity index (χ1) is 7.56. The quantitative estimate of drug-likeness (QED) is 0.778. The number of methoxy groups -OCH3 is 1. The molecule has 0 fully saturated rings. The van der Waals surface area contributed by atoms with Crippen molar-refractivity contribution in [1.82, 2.24) is 9.78 Å². The predicted molar refractivity (Wildman–Crippen MR) is 63.8 cm³/mol. The first-order valence-electron chi connectivity index (χ1n) is 5.41. The zero-order valence-electron chi connectivity index (χ0n) is 10.0. The second kappa shape index (κ2) is 6.23. The van der Waals surface area contributed by atoms with Crippen molar-refractivity contribution >= 4 is 11.6 Å². The third kappa shape index (κ3) is 3.47. The molecule has 0 aliphatic rings. The molecule has 1 aromatic heterocycles. The lowest BCUT2D eigenvalue weighted by Gasteiger charge is -2.09.